The van der Waals surface area contributed by atoms with E-state index in [0.717, 1.165) is 35.9 Å². The molecule has 0 aliphatic heterocycles. The van der Waals surface area contributed by atoms with Crippen molar-refractivity contribution in [1.82, 2.24) is 0 Å². The third-order valence-corrected chi connectivity index (χ3v) is 13.1. The van der Waals surface area contributed by atoms with Crippen LogP contribution >= 0.6 is 0 Å². The fourth-order valence-corrected chi connectivity index (χ4v) is 11.2. The summed E-state index contributed by atoms with van der Waals surface area (Å²) in [7, 11) is 0. The third-order valence-electron chi connectivity index (χ3n) is 8.36. The Morgan fingerprint density at radius 2 is 1.05 bits per heavy atom. The first-order chi connectivity index (χ1) is 18.9. The Morgan fingerprint density at radius 3 is 1.41 bits per heavy atom. The Morgan fingerprint density at radius 1 is 0.615 bits per heavy atom. The SMILES string of the molecule is CCc1ccc(C2=Cc3c(C(C)C)cccc3[CH]2[Zr][CH]2C(c3ccc(CC)o3)=Cc3c(C(C)C)cccc32)o1. The van der Waals surface area contributed by atoms with Crippen molar-refractivity contribution in [3.8, 4) is 0 Å². The van der Waals surface area contributed by atoms with Gasteiger partial charge in [0.25, 0.3) is 0 Å². The van der Waals surface area contributed by atoms with Gasteiger partial charge in [-0.15, -0.1) is 0 Å². The number of fused-ring (bicyclic) bond motifs is 2. The van der Waals surface area contributed by atoms with Crippen LogP contribution in [0, 0.1) is 0 Å². The fraction of sp³-hybridized carbons (Fsp3) is 0.333. The number of aryl methyl sites for hydroxylation is 2. The van der Waals surface area contributed by atoms with Gasteiger partial charge in [0, 0.05) is 0 Å². The molecule has 0 bridgehead atoms. The molecule has 0 radical (unpaired) electrons. The second-order valence-corrected chi connectivity index (χ2v) is 15.1. The van der Waals surface area contributed by atoms with Gasteiger partial charge in [-0.2, -0.15) is 0 Å². The van der Waals surface area contributed by atoms with Gasteiger partial charge in [-0.25, -0.2) is 0 Å². The number of allylic oxidation sites excluding steroid dienone is 2. The maximum atomic E-state index is 6.42. The summed E-state index contributed by atoms with van der Waals surface area (Å²) >= 11 is -1.16. The zero-order valence-electron chi connectivity index (χ0n) is 24.0. The van der Waals surface area contributed by atoms with Crippen LogP contribution in [0.3, 0.4) is 0 Å². The summed E-state index contributed by atoms with van der Waals surface area (Å²) in [5.41, 5.74) is 11.5. The van der Waals surface area contributed by atoms with Gasteiger partial charge >= 0.3 is 246 Å². The molecular weight excluding hydrogens is 556 g/mol. The van der Waals surface area contributed by atoms with E-state index in [4.69, 9.17) is 8.83 Å². The average Bonchev–Trinajstić information content (AvgIpc) is 3.72. The second kappa shape index (κ2) is 10.7. The number of benzene rings is 2. The molecule has 3 heteroatoms. The Hall–Kier alpha value is -2.64. The first-order valence-corrected chi connectivity index (χ1v) is 17.4. The van der Waals surface area contributed by atoms with Crippen LogP contribution in [-0.2, 0) is 36.1 Å². The molecule has 2 heterocycles. The molecule has 39 heavy (non-hydrogen) atoms. The summed E-state index contributed by atoms with van der Waals surface area (Å²) in [6.45, 7) is 13.6. The standard InChI is InChI=1S/2C18H19O.Zr/c2*1-4-15-8-9-18(19-15)14-10-13-6-5-7-16(12(2)3)17(13)11-14;/h2*5-12H,4H2,1-3H3;. The minimum absolute atomic E-state index is 0.417. The molecule has 4 aromatic rings. The number of rotatable bonds is 8. The molecule has 2 aromatic carbocycles. The average molecular weight is 594 g/mol. The van der Waals surface area contributed by atoms with E-state index in [0.29, 0.717) is 19.1 Å². The summed E-state index contributed by atoms with van der Waals surface area (Å²) in [6.07, 6.45) is 6.75. The van der Waals surface area contributed by atoms with Gasteiger partial charge < -0.3 is 0 Å². The Labute approximate surface area is 244 Å². The maximum absolute atomic E-state index is 6.42. The van der Waals surface area contributed by atoms with E-state index in [9.17, 15) is 0 Å². The zero-order chi connectivity index (χ0) is 27.3. The first-order valence-electron chi connectivity index (χ1n) is 14.5. The van der Waals surface area contributed by atoms with Crippen molar-refractivity contribution < 1.29 is 32.1 Å². The Kier molecular flexibility index (Phi) is 7.32. The molecule has 2 aromatic heterocycles. The van der Waals surface area contributed by atoms with E-state index >= 15 is 0 Å². The van der Waals surface area contributed by atoms with Crippen LogP contribution in [0.25, 0.3) is 23.3 Å². The molecule has 0 amide bonds. The van der Waals surface area contributed by atoms with Crippen LogP contribution in [0.4, 0.5) is 0 Å². The van der Waals surface area contributed by atoms with Crippen LogP contribution in [0.15, 0.2) is 69.5 Å². The normalized spacial score (nSPS) is 17.9. The topological polar surface area (TPSA) is 26.3 Å². The molecule has 198 valence electrons. The molecule has 0 fully saturated rings. The molecule has 0 saturated heterocycles. The van der Waals surface area contributed by atoms with Gasteiger partial charge in [-0.3, -0.25) is 0 Å². The van der Waals surface area contributed by atoms with Gasteiger partial charge in [0.2, 0.25) is 0 Å². The molecule has 6 rings (SSSR count). The van der Waals surface area contributed by atoms with Crippen LogP contribution in [0.1, 0.15) is 117 Å². The minimum atomic E-state index is -1.16. The first kappa shape index (κ1) is 26.6. The molecule has 2 unspecified atom stereocenters. The predicted octanol–water partition coefficient (Wildman–Crippen LogP) is 10.2. The van der Waals surface area contributed by atoms with Crippen molar-refractivity contribution >= 4 is 23.3 Å². The van der Waals surface area contributed by atoms with Crippen molar-refractivity contribution in [1.29, 1.82) is 0 Å². The molecule has 2 nitrogen and oxygen atoms in total. The van der Waals surface area contributed by atoms with E-state index in [-0.39, 0.29) is 0 Å². The van der Waals surface area contributed by atoms with Crippen molar-refractivity contribution in [2.45, 2.75) is 73.5 Å². The van der Waals surface area contributed by atoms with Gasteiger partial charge in [-0.05, 0) is 0 Å². The van der Waals surface area contributed by atoms with Crippen molar-refractivity contribution in [2.75, 3.05) is 0 Å². The zero-order valence-corrected chi connectivity index (χ0v) is 26.4. The van der Waals surface area contributed by atoms with Crippen LogP contribution in [0.5, 0.6) is 0 Å². The quantitative estimate of drug-likeness (QED) is 0.203. The Balaban J connectivity index is 1.49. The molecular formula is C36H38O2Zr. The molecule has 2 aliphatic carbocycles. The molecule has 2 atom stereocenters. The van der Waals surface area contributed by atoms with Gasteiger partial charge in [-0.1, -0.05) is 0 Å². The van der Waals surface area contributed by atoms with Crippen LogP contribution < -0.4 is 0 Å². The van der Waals surface area contributed by atoms with Crippen LogP contribution in [-0.4, -0.2) is 0 Å². The second-order valence-electron chi connectivity index (χ2n) is 11.5. The monoisotopic (exact) mass is 592 g/mol. The number of hydrogen-bond acceptors (Lipinski definition) is 2. The predicted molar refractivity (Wildman–Crippen MR) is 158 cm³/mol. The summed E-state index contributed by atoms with van der Waals surface area (Å²) in [5.74, 6) is 5.19. The molecule has 0 saturated carbocycles. The molecule has 2 aliphatic rings. The summed E-state index contributed by atoms with van der Waals surface area (Å²) in [4.78, 5) is 0. The summed E-state index contributed by atoms with van der Waals surface area (Å²) in [5, 5.41) is 0. The van der Waals surface area contributed by atoms with Crippen molar-refractivity contribution in [3.63, 3.8) is 0 Å². The van der Waals surface area contributed by atoms with E-state index < -0.39 is 23.2 Å². The van der Waals surface area contributed by atoms with Crippen molar-refractivity contribution in [3.05, 3.63) is 117 Å². The Bertz CT molecular complexity index is 1460. The summed E-state index contributed by atoms with van der Waals surface area (Å²) < 4.78 is 13.7. The van der Waals surface area contributed by atoms with Crippen LogP contribution in [0.2, 0.25) is 0 Å². The third kappa shape index (κ3) is 4.72. The van der Waals surface area contributed by atoms with E-state index in [1.165, 1.54) is 44.5 Å². The molecule has 0 N–H and O–H groups in total. The summed E-state index contributed by atoms with van der Waals surface area (Å²) in [6, 6.07) is 22.6. The fourth-order valence-electron chi connectivity index (χ4n) is 6.26. The number of hydrogen-bond donors (Lipinski definition) is 0. The van der Waals surface area contributed by atoms with Gasteiger partial charge in [0.15, 0.2) is 0 Å². The van der Waals surface area contributed by atoms with E-state index in [1.807, 2.05) is 0 Å². The number of furan rings is 2. The van der Waals surface area contributed by atoms with E-state index in [2.05, 4.69) is 114 Å². The molecule has 0 spiro atoms. The van der Waals surface area contributed by atoms with Gasteiger partial charge in [0.05, 0.1) is 0 Å². The van der Waals surface area contributed by atoms with Crippen molar-refractivity contribution in [2.24, 2.45) is 0 Å². The van der Waals surface area contributed by atoms with Gasteiger partial charge in [0.1, 0.15) is 0 Å². The van der Waals surface area contributed by atoms with E-state index in [1.54, 1.807) is 0 Å².